The maximum atomic E-state index is 5.80. The summed E-state index contributed by atoms with van der Waals surface area (Å²) in [5, 5.41) is 0. The van der Waals surface area contributed by atoms with Gasteiger partial charge in [-0.05, 0) is 18.8 Å². The maximum Gasteiger partial charge on any atom is 0.174 e. The van der Waals surface area contributed by atoms with Crippen LogP contribution in [0.2, 0.25) is 0 Å². The molecule has 3 rings (SSSR count). The van der Waals surface area contributed by atoms with Crippen molar-refractivity contribution in [1.29, 1.82) is 0 Å². The fourth-order valence-electron chi connectivity index (χ4n) is 3.25. The first kappa shape index (κ1) is 8.01. The molecule has 1 saturated heterocycles. The Balaban J connectivity index is 1.88. The van der Waals surface area contributed by atoms with Gasteiger partial charge >= 0.3 is 0 Å². The van der Waals surface area contributed by atoms with E-state index in [1.807, 2.05) is 0 Å². The second-order valence-corrected chi connectivity index (χ2v) is 4.40. The molecule has 0 amide bonds. The van der Waals surface area contributed by atoms with E-state index < -0.39 is 0 Å². The lowest BCUT2D eigenvalue weighted by atomic mass is 9.57. The zero-order valence-corrected chi connectivity index (χ0v) is 8.03. The molecule has 1 saturated carbocycles. The van der Waals surface area contributed by atoms with Gasteiger partial charge in [-0.15, -0.1) is 0 Å². The average Bonchev–Trinajstić information content (AvgIpc) is 2.68. The molecular formula is C11H16O2. The quantitative estimate of drug-likeness (QED) is 0.530. The zero-order chi connectivity index (χ0) is 8.89. The summed E-state index contributed by atoms with van der Waals surface area (Å²) in [5.74, 6) is 1.72. The van der Waals surface area contributed by atoms with Crippen LogP contribution < -0.4 is 0 Å². The van der Waals surface area contributed by atoms with E-state index in [0.29, 0.717) is 17.8 Å². The highest BCUT2D eigenvalue weighted by molar-refractivity contribution is 5.14. The number of hydrogen-bond donors (Lipinski definition) is 0. The Morgan fingerprint density at radius 2 is 2.08 bits per heavy atom. The second kappa shape index (κ2) is 2.58. The summed E-state index contributed by atoms with van der Waals surface area (Å²) >= 11 is 0. The van der Waals surface area contributed by atoms with Gasteiger partial charge in [0.25, 0.3) is 0 Å². The van der Waals surface area contributed by atoms with Crippen LogP contribution in [-0.2, 0) is 9.47 Å². The fraction of sp³-hybridized carbons (Fsp3) is 0.818. The van der Waals surface area contributed by atoms with Crippen molar-refractivity contribution in [1.82, 2.24) is 0 Å². The summed E-state index contributed by atoms with van der Waals surface area (Å²) in [7, 11) is 0. The van der Waals surface area contributed by atoms with Crippen molar-refractivity contribution in [3.8, 4) is 0 Å². The van der Waals surface area contributed by atoms with Crippen LogP contribution in [0.15, 0.2) is 12.2 Å². The number of rotatable bonds is 0. The summed E-state index contributed by atoms with van der Waals surface area (Å²) in [5.41, 5.74) is 0. The second-order valence-electron chi connectivity index (χ2n) is 4.40. The molecule has 13 heavy (non-hydrogen) atoms. The fourth-order valence-corrected chi connectivity index (χ4v) is 3.25. The molecule has 1 spiro atoms. The monoisotopic (exact) mass is 180 g/mol. The third-order valence-corrected chi connectivity index (χ3v) is 3.93. The van der Waals surface area contributed by atoms with E-state index in [9.17, 15) is 0 Å². The van der Waals surface area contributed by atoms with Crippen molar-refractivity contribution in [2.45, 2.75) is 25.6 Å². The Kier molecular flexibility index (Phi) is 1.59. The van der Waals surface area contributed by atoms with E-state index in [4.69, 9.17) is 9.47 Å². The normalized spacial score (nSPS) is 46.1. The van der Waals surface area contributed by atoms with Gasteiger partial charge in [-0.3, -0.25) is 0 Å². The Bertz CT molecular complexity index is 240. The van der Waals surface area contributed by atoms with E-state index >= 15 is 0 Å². The van der Waals surface area contributed by atoms with E-state index in [1.165, 1.54) is 12.8 Å². The highest BCUT2D eigenvalue weighted by Gasteiger charge is 2.62. The van der Waals surface area contributed by atoms with Crippen LogP contribution in [0, 0.1) is 17.8 Å². The van der Waals surface area contributed by atoms with Crippen LogP contribution in [0.3, 0.4) is 0 Å². The molecular weight excluding hydrogens is 164 g/mol. The summed E-state index contributed by atoms with van der Waals surface area (Å²) in [4.78, 5) is 0. The first-order valence-electron chi connectivity index (χ1n) is 5.29. The van der Waals surface area contributed by atoms with Gasteiger partial charge in [-0.1, -0.05) is 19.1 Å². The molecule has 2 nitrogen and oxygen atoms in total. The lowest BCUT2D eigenvalue weighted by Gasteiger charge is -2.57. The van der Waals surface area contributed by atoms with Crippen molar-refractivity contribution in [3.63, 3.8) is 0 Å². The summed E-state index contributed by atoms with van der Waals surface area (Å²) in [6, 6.07) is 0. The predicted octanol–water partition coefficient (Wildman–Crippen LogP) is 1.96. The first-order chi connectivity index (χ1) is 6.34. The number of ether oxygens (including phenoxy) is 2. The van der Waals surface area contributed by atoms with Crippen molar-refractivity contribution in [2.75, 3.05) is 13.2 Å². The largest absolute Gasteiger partial charge is 0.347 e. The van der Waals surface area contributed by atoms with Crippen molar-refractivity contribution < 1.29 is 9.47 Å². The number of hydrogen-bond acceptors (Lipinski definition) is 2. The molecule has 0 aromatic heterocycles. The van der Waals surface area contributed by atoms with Gasteiger partial charge < -0.3 is 9.47 Å². The summed E-state index contributed by atoms with van der Waals surface area (Å²) in [6.07, 6.45) is 7.10. The van der Waals surface area contributed by atoms with E-state index in [0.717, 1.165) is 13.2 Å². The third-order valence-electron chi connectivity index (χ3n) is 3.93. The van der Waals surface area contributed by atoms with Crippen molar-refractivity contribution >= 4 is 0 Å². The maximum absolute atomic E-state index is 5.80. The Morgan fingerprint density at radius 3 is 2.85 bits per heavy atom. The molecule has 3 atom stereocenters. The minimum atomic E-state index is -0.185. The smallest absolute Gasteiger partial charge is 0.174 e. The molecule has 0 aromatic carbocycles. The van der Waals surface area contributed by atoms with Gasteiger partial charge in [0, 0.05) is 11.8 Å². The molecule has 3 aliphatic rings. The molecule has 1 aliphatic heterocycles. The lowest BCUT2D eigenvalue weighted by Crippen LogP contribution is -2.62. The lowest BCUT2D eigenvalue weighted by molar-refractivity contribution is -0.308. The highest BCUT2D eigenvalue weighted by Crippen LogP contribution is 2.57. The molecule has 72 valence electrons. The van der Waals surface area contributed by atoms with Crippen LogP contribution in [0.25, 0.3) is 0 Å². The molecule has 0 bridgehead atoms. The van der Waals surface area contributed by atoms with Gasteiger partial charge in [0.2, 0.25) is 0 Å². The SMILES string of the molecule is C[C@H]1[C@@H]2C=CCC[C@@H]2C12OCCO2. The molecule has 0 aromatic rings. The van der Waals surface area contributed by atoms with Crippen molar-refractivity contribution in [3.05, 3.63) is 12.2 Å². The summed E-state index contributed by atoms with van der Waals surface area (Å²) < 4.78 is 11.6. The van der Waals surface area contributed by atoms with E-state index in [-0.39, 0.29) is 5.79 Å². The molecule has 2 fully saturated rings. The Morgan fingerprint density at radius 1 is 1.31 bits per heavy atom. The molecule has 0 unspecified atom stereocenters. The van der Waals surface area contributed by atoms with Crippen LogP contribution in [0.1, 0.15) is 19.8 Å². The van der Waals surface area contributed by atoms with Crippen LogP contribution in [0.4, 0.5) is 0 Å². The molecule has 1 heterocycles. The van der Waals surface area contributed by atoms with Gasteiger partial charge in [0.15, 0.2) is 5.79 Å². The third kappa shape index (κ3) is 0.856. The Hall–Kier alpha value is -0.340. The first-order valence-corrected chi connectivity index (χ1v) is 5.29. The molecule has 0 radical (unpaired) electrons. The van der Waals surface area contributed by atoms with E-state index in [2.05, 4.69) is 19.1 Å². The molecule has 2 heteroatoms. The highest BCUT2D eigenvalue weighted by atomic mass is 16.7. The van der Waals surface area contributed by atoms with Crippen LogP contribution in [-0.4, -0.2) is 19.0 Å². The minimum absolute atomic E-state index is 0.185. The zero-order valence-electron chi connectivity index (χ0n) is 8.03. The topological polar surface area (TPSA) is 18.5 Å². The van der Waals surface area contributed by atoms with Crippen LogP contribution in [0.5, 0.6) is 0 Å². The Labute approximate surface area is 78.9 Å². The van der Waals surface area contributed by atoms with E-state index in [1.54, 1.807) is 0 Å². The van der Waals surface area contributed by atoms with Gasteiger partial charge in [-0.25, -0.2) is 0 Å². The number of fused-ring (bicyclic) bond motifs is 2. The predicted molar refractivity (Wildman–Crippen MR) is 49.2 cm³/mol. The molecule has 0 N–H and O–H groups in total. The standard InChI is InChI=1S/C11H16O2/c1-8-9-4-2-3-5-10(9)11(8)12-6-7-13-11/h2,4,8-10H,3,5-7H2,1H3/t8-,9-,10-/m0/s1. The van der Waals surface area contributed by atoms with Gasteiger partial charge in [0.1, 0.15) is 0 Å². The minimum Gasteiger partial charge on any atom is -0.347 e. The van der Waals surface area contributed by atoms with Gasteiger partial charge in [0.05, 0.1) is 13.2 Å². The summed E-state index contributed by atoms with van der Waals surface area (Å²) in [6.45, 7) is 3.83. The number of allylic oxidation sites excluding steroid dienone is 2. The van der Waals surface area contributed by atoms with Crippen molar-refractivity contribution in [2.24, 2.45) is 17.8 Å². The molecule has 2 aliphatic carbocycles. The average molecular weight is 180 g/mol. The van der Waals surface area contributed by atoms with Crippen LogP contribution >= 0.6 is 0 Å². The van der Waals surface area contributed by atoms with Gasteiger partial charge in [-0.2, -0.15) is 0 Å².